The van der Waals surface area contributed by atoms with Gasteiger partial charge in [0, 0.05) is 17.3 Å². The summed E-state index contributed by atoms with van der Waals surface area (Å²) in [7, 11) is 1.37. The van der Waals surface area contributed by atoms with Crippen molar-refractivity contribution in [1.29, 1.82) is 0 Å². The monoisotopic (exact) mass is 233 g/mol. The number of esters is 1. The molecule has 1 unspecified atom stereocenters. The summed E-state index contributed by atoms with van der Waals surface area (Å²) < 4.78 is 4.52. The molecule has 0 spiro atoms. The lowest BCUT2D eigenvalue weighted by atomic mass is 10.1. The van der Waals surface area contributed by atoms with Crippen LogP contribution in [0.25, 0.3) is 0 Å². The Balaban J connectivity index is 2.47. The molecule has 0 saturated heterocycles. The summed E-state index contributed by atoms with van der Waals surface area (Å²) in [5, 5.41) is 2.56. The number of methoxy groups -OCH3 is 1. The lowest BCUT2D eigenvalue weighted by molar-refractivity contribution is -0.140. The highest BCUT2D eigenvalue weighted by Gasteiger charge is 2.13. The third kappa shape index (κ3) is 2.97. The van der Waals surface area contributed by atoms with Gasteiger partial charge in [0.2, 0.25) is 0 Å². The second-order valence-corrected chi connectivity index (χ2v) is 4.21. The first-order chi connectivity index (χ1) is 6.65. The van der Waals surface area contributed by atoms with Gasteiger partial charge in [0.1, 0.15) is 0 Å². The van der Waals surface area contributed by atoms with E-state index in [1.54, 1.807) is 6.07 Å². The van der Waals surface area contributed by atoms with Gasteiger partial charge in [0.25, 0.3) is 0 Å². The smallest absolute Gasteiger partial charge is 0.305 e. The van der Waals surface area contributed by atoms with Gasteiger partial charge >= 0.3 is 5.97 Å². The molecule has 0 bridgehead atoms. The van der Waals surface area contributed by atoms with Crippen LogP contribution in [0.5, 0.6) is 0 Å². The molecule has 0 saturated carbocycles. The lowest BCUT2D eigenvalue weighted by Crippen LogP contribution is -2.12. The molecule has 0 aliphatic heterocycles. The fourth-order valence-corrected chi connectivity index (χ4v) is 2.31. The minimum atomic E-state index is -0.242. The quantitative estimate of drug-likeness (QED) is 0.813. The van der Waals surface area contributed by atoms with Crippen LogP contribution in [0.2, 0.25) is 5.02 Å². The number of rotatable bonds is 4. The zero-order chi connectivity index (χ0) is 10.6. The molecule has 5 heteroatoms. The molecular formula is C9H12ClNO2S. The van der Waals surface area contributed by atoms with Gasteiger partial charge in [-0.1, -0.05) is 11.6 Å². The van der Waals surface area contributed by atoms with E-state index in [1.807, 2.05) is 5.38 Å². The number of hydrogen-bond acceptors (Lipinski definition) is 4. The molecule has 0 aliphatic carbocycles. The van der Waals surface area contributed by atoms with Gasteiger partial charge in [-0.2, -0.15) is 0 Å². The molecule has 1 atom stereocenters. The zero-order valence-electron chi connectivity index (χ0n) is 7.83. The largest absolute Gasteiger partial charge is 0.469 e. The Morgan fingerprint density at radius 3 is 3.00 bits per heavy atom. The van der Waals surface area contributed by atoms with E-state index in [2.05, 4.69) is 4.74 Å². The lowest BCUT2D eigenvalue weighted by Gasteiger charge is -2.08. The van der Waals surface area contributed by atoms with Gasteiger partial charge in [-0.3, -0.25) is 4.79 Å². The second-order valence-electron chi connectivity index (χ2n) is 2.85. The highest BCUT2D eigenvalue weighted by molar-refractivity contribution is 7.10. The van der Waals surface area contributed by atoms with Gasteiger partial charge in [-0.25, -0.2) is 0 Å². The Hall–Kier alpha value is -0.580. The molecular weight excluding hydrogens is 222 g/mol. The topological polar surface area (TPSA) is 52.3 Å². The molecule has 1 rings (SSSR count). The van der Waals surface area contributed by atoms with Crippen molar-refractivity contribution in [3.05, 3.63) is 21.3 Å². The second kappa shape index (κ2) is 5.34. The number of thiophene rings is 1. The van der Waals surface area contributed by atoms with Crippen LogP contribution in [0.4, 0.5) is 0 Å². The maximum Gasteiger partial charge on any atom is 0.305 e. The van der Waals surface area contributed by atoms with Crippen molar-refractivity contribution in [2.24, 2.45) is 5.73 Å². The normalized spacial score (nSPS) is 12.5. The Kier molecular flexibility index (Phi) is 4.38. The molecule has 3 nitrogen and oxygen atoms in total. The summed E-state index contributed by atoms with van der Waals surface area (Å²) >= 11 is 7.41. The summed E-state index contributed by atoms with van der Waals surface area (Å²) in [5.74, 6) is -0.242. The Morgan fingerprint density at radius 2 is 2.50 bits per heavy atom. The Bertz CT molecular complexity index is 314. The van der Waals surface area contributed by atoms with Crippen LogP contribution < -0.4 is 5.73 Å². The van der Waals surface area contributed by atoms with Crippen molar-refractivity contribution in [3.63, 3.8) is 0 Å². The van der Waals surface area contributed by atoms with Crippen molar-refractivity contribution in [1.82, 2.24) is 0 Å². The highest BCUT2D eigenvalue weighted by atomic mass is 35.5. The third-order valence-corrected chi connectivity index (χ3v) is 3.36. The summed E-state index contributed by atoms with van der Waals surface area (Å²) in [4.78, 5) is 11.8. The molecule has 1 aromatic rings. The van der Waals surface area contributed by atoms with Gasteiger partial charge in [0.05, 0.1) is 12.1 Å². The number of ether oxygens (including phenoxy) is 1. The van der Waals surface area contributed by atoms with Crippen LogP contribution in [0.3, 0.4) is 0 Å². The van der Waals surface area contributed by atoms with E-state index in [0.717, 1.165) is 4.88 Å². The van der Waals surface area contributed by atoms with Crippen molar-refractivity contribution in [2.75, 3.05) is 7.11 Å². The van der Waals surface area contributed by atoms with Gasteiger partial charge < -0.3 is 10.5 Å². The van der Waals surface area contributed by atoms with Crippen molar-refractivity contribution in [2.45, 2.75) is 18.9 Å². The van der Waals surface area contributed by atoms with Crippen molar-refractivity contribution < 1.29 is 9.53 Å². The van der Waals surface area contributed by atoms with Crippen LogP contribution in [-0.2, 0) is 9.53 Å². The molecule has 0 aromatic carbocycles. The molecule has 1 aromatic heterocycles. The fourth-order valence-electron chi connectivity index (χ4n) is 1.08. The average molecular weight is 234 g/mol. The minimum Gasteiger partial charge on any atom is -0.469 e. The third-order valence-electron chi connectivity index (χ3n) is 1.87. The fraction of sp³-hybridized carbons (Fsp3) is 0.444. The minimum absolute atomic E-state index is 0.179. The van der Waals surface area contributed by atoms with E-state index in [-0.39, 0.29) is 12.0 Å². The summed E-state index contributed by atoms with van der Waals surface area (Å²) in [6, 6.07) is 1.63. The molecule has 0 aliphatic rings. The number of nitrogens with two attached hydrogens (primary N) is 1. The Morgan fingerprint density at radius 1 is 1.79 bits per heavy atom. The van der Waals surface area contributed by atoms with E-state index in [4.69, 9.17) is 17.3 Å². The van der Waals surface area contributed by atoms with Crippen LogP contribution in [0.15, 0.2) is 11.4 Å². The van der Waals surface area contributed by atoms with E-state index >= 15 is 0 Å². The summed E-state index contributed by atoms with van der Waals surface area (Å²) in [6.07, 6.45) is 0.888. The summed E-state index contributed by atoms with van der Waals surface area (Å²) in [6.45, 7) is 0. The van der Waals surface area contributed by atoms with Crippen molar-refractivity contribution >= 4 is 28.9 Å². The summed E-state index contributed by atoms with van der Waals surface area (Å²) in [5.41, 5.74) is 5.86. The average Bonchev–Trinajstić information content (AvgIpc) is 2.60. The highest BCUT2D eigenvalue weighted by Crippen LogP contribution is 2.29. The maximum atomic E-state index is 10.9. The van der Waals surface area contributed by atoms with Gasteiger partial charge in [-0.15, -0.1) is 11.3 Å². The predicted octanol–water partition coefficient (Wildman–Crippen LogP) is 2.35. The first-order valence-electron chi connectivity index (χ1n) is 4.20. The molecule has 2 N–H and O–H groups in total. The molecule has 14 heavy (non-hydrogen) atoms. The van der Waals surface area contributed by atoms with E-state index in [9.17, 15) is 4.79 Å². The van der Waals surface area contributed by atoms with Gasteiger partial charge in [0.15, 0.2) is 0 Å². The number of carbonyl (C=O) groups is 1. The first kappa shape index (κ1) is 11.5. The number of hydrogen-bond donors (Lipinski definition) is 1. The zero-order valence-corrected chi connectivity index (χ0v) is 9.40. The first-order valence-corrected chi connectivity index (χ1v) is 5.46. The van der Waals surface area contributed by atoms with Crippen molar-refractivity contribution in [3.8, 4) is 0 Å². The molecule has 1 heterocycles. The Labute approximate surface area is 91.8 Å². The van der Waals surface area contributed by atoms with Crippen LogP contribution in [0, 0.1) is 0 Å². The van der Waals surface area contributed by atoms with Crippen LogP contribution in [0.1, 0.15) is 23.8 Å². The maximum absolute atomic E-state index is 10.9. The standard InChI is InChI=1S/C9H12ClNO2S/c1-13-8(12)3-2-7(11)9-6(10)4-5-14-9/h4-5,7H,2-3,11H2,1H3. The molecule has 0 radical (unpaired) electrons. The number of carbonyl (C=O) groups excluding carboxylic acids is 1. The van der Waals surface area contributed by atoms with Crippen LogP contribution in [-0.4, -0.2) is 13.1 Å². The SMILES string of the molecule is COC(=O)CCC(N)c1sccc1Cl. The van der Waals surface area contributed by atoms with E-state index < -0.39 is 0 Å². The van der Waals surface area contributed by atoms with E-state index in [1.165, 1.54) is 18.4 Å². The van der Waals surface area contributed by atoms with E-state index in [0.29, 0.717) is 17.9 Å². The van der Waals surface area contributed by atoms with Gasteiger partial charge in [-0.05, 0) is 17.9 Å². The molecule has 0 fully saturated rings. The molecule has 0 amide bonds. The predicted molar refractivity (Wildman–Crippen MR) is 57.5 cm³/mol. The molecule has 78 valence electrons. The number of halogens is 1. The van der Waals surface area contributed by atoms with Crippen LogP contribution >= 0.6 is 22.9 Å².